The first-order valence-corrected chi connectivity index (χ1v) is 10.9. The van der Waals surface area contributed by atoms with Gasteiger partial charge in [0.1, 0.15) is 29.4 Å². The third-order valence-electron chi connectivity index (χ3n) is 5.14. The van der Waals surface area contributed by atoms with Crippen LogP contribution in [0.3, 0.4) is 0 Å². The van der Waals surface area contributed by atoms with E-state index in [-0.39, 0.29) is 22.8 Å². The van der Waals surface area contributed by atoms with Crippen LogP contribution >= 0.6 is 15.9 Å². The Kier molecular flexibility index (Phi) is 6.38. The van der Waals surface area contributed by atoms with Crippen LogP contribution in [0.5, 0.6) is 5.75 Å². The molecule has 1 atom stereocenters. The number of nitrogens with two attached hydrogens (primary N) is 1. The van der Waals surface area contributed by atoms with E-state index in [4.69, 9.17) is 10.5 Å². The lowest BCUT2D eigenvalue weighted by molar-refractivity contribution is 0.103. The molecule has 0 amide bonds. The number of aromatic nitrogens is 4. The molecule has 2 N–H and O–H groups in total. The van der Waals surface area contributed by atoms with Gasteiger partial charge in [0.25, 0.3) is 0 Å². The SMILES string of the molecule is C[C@@H](Oc1cc(Br)cnc1N)c1cc(F)ccc1-c1ncccc1C(=O)c1cc(C#N)n(C)n1. The molecule has 4 rings (SSSR count). The first-order chi connectivity index (χ1) is 16.3. The molecule has 34 heavy (non-hydrogen) atoms. The molecule has 0 aliphatic carbocycles. The van der Waals surface area contributed by atoms with Crippen molar-refractivity contribution in [3.63, 3.8) is 0 Å². The Hall–Kier alpha value is -4.10. The summed E-state index contributed by atoms with van der Waals surface area (Å²) >= 11 is 3.33. The van der Waals surface area contributed by atoms with E-state index < -0.39 is 17.7 Å². The molecule has 0 unspecified atom stereocenters. The van der Waals surface area contributed by atoms with Crippen molar-refractivity contribution in [2.24, 2.45) is 7.05 Å². The van der Waals surface area contributed by atoms with Crippen LogP contribution in [0.4, 0.5) is 10.2 Å². The second-order valence-corrected chi connectivity index (χ2v) is 8.32. The fourth-order valence-electron chi connectivity index (χ4n) is 3.49. The number of nitriles is 1. The molecular weight excluding hydrogens is 503 g/mol. The van der Waals surface area contributed by atoms with Gasteiger partial charge in [-0.25, -0.2) is 9.37 Å². The smallest absolute Gasteiger partial charge is 0.215 e. The Morgan fingerprint density at radius 1 is 1.26 bits per heavy atom. The first-order valence-electron chi connectivity index (χ1n) is 10.1. The molecule has 0 aliphatic heterocycles. The minimum atomic E-state index is -0.658. The quantitative estimate of drug-likeness (QED) is 0.368. The van der Waals surface area contributed by atoms with Gasteiger partial charge >= 0.3 is 0 Å². The summed E-state index contributed by atoms with van der Waals surface area (Å²) in [7, 11) is 1.58. The molecule has 1 aromatic carbocycles. The number of ketones is 1. The maximum absolute atomic E-state index is 14.3. The van der Waals surface area contributed by atoms with E-state index in [9.17, 15) is 14.4 Å². The molecule has 8 nitrogen and oxygen atoms in total. The van der Waals surface area contributed by atoms with Gasteiger partial charge in [-0.2, -0.15) is 10.4 Å². The average Bonchev–Trinajstić information content (AvgIpc) is 3.21. The molecule has 10 heteroatoms. The largest absolute Gasteiger partial charge is 0.482 e. The van der Waals surface area contributed by atoms with Crippen LogP contribution in [0, 0.1) is 17.1 Å². The summed E-state index contributed by atoms with van der Waals surface area (Å²) in [6, 6.07) is 12.5. The summed E-state index contributed by atoms with van der Waals surface area (Å²) in [6.45, 7) is 1.74. The number of nitrogen functional groups attached to an aromatic ring is 1. The van der Waals surface area contributed by atoms with Crippen LogP contribution in [0.25, 0.3) is 11.3 Å². The molecule has 0 saturated carbocycles. The Labute approximate surface area is 203 Å². The van der Waals surface area contributed by atoms with Crippen LogP contribution in [-0.2, 0) is 7.05 Å². The highest BCUT2D eigenvalue weighted by Gasteiger charge is 2.23. The molecule has 0 radical (unpaired) electrons. The minimum absolute atomic E-state index is 0.106. The van der Waals surface area contributed by atoms with Crippen LogP contribution < -0.4 is 10.5 Å². The van der Waals surface area contributed by atoms with Crippen molar-refractivity contribution in [1.82, 2.24) is 19.7 Å². The van der Waals surface area contributed by atoms with Crippen LogP contribution in [0.15, 0.2) is 59.3 Å². The molecular formula is C24H18BrFN6O2. The summed E-state index contributed by atoms with van der Waals surface area (Å²) in [5, 5.41) is 13.3. The summed E-state index contributed by atoms with van der Waals surface area (Å²) in [5.74, 6) is -0.372. The number of carbonyl (C=O) groups is 1. The van der Waals surface area contributed by atoms with Crippen molar-refractivity contribution in [1.29, 1.82) is 5.26 Å². The van der Waals surface area contributed by atoms with Crippen LogP contribution in [-0.4, -0.2) is 25.5 Å². The lowest BCUT2D eigenvalue weighted by Crippen LogP contribution is -2.11. The van der Waals surface area contributed by atoms with E-state index in [2.05, 4.69) is 31.0 Å². The Morgan fingerprint density at radius 2 is 2.06 bits per heavy atom. The molecule has 3 aromatic heterocycles. The Morgan fingerprint density at radius 3 is 2.79 bits per heavy atom. The van der Waals surface area contributed by atoms with Crippen molar-refractivity contribution in [2.75, 3.05) is 5.73 Å². The predicted molar refractivity (Wildman–Crippen MR) is 126 cm³/mol. The Balaban J connectivity index is 1.78. The van der Waals surface area contributed by atoms with E-state index in [1.807, 2.05) is 6.07 Å². The number of hydrogen-bond acceptors (Lipinski definition) is 7. The molecule has 3 heterocycles. The highest BCUT2D eigenvalue weighted by atomic mass is 79.9. The number of pyridine rings is 2. The van der Waals surface area contributed by atoms with E-state index in [0.717, 1.165) is 0 Å². The number of ether oxygens (including phenoxy) is 1. The summed E-state index contributed by atoms with van der Waals surface area (Å²) in [4.78, 5) is 21.7. The van der Waals surface area contributed by atoms with E-state index in [1.54, 1.807) is 50.6 Å². The number of anilines is 1. The molecule has 4 aromatic rings. The van der Waals surface area contributed by atoms with Gasteiger partial charge in [0, 0.05) is 41.1 Å². The van der Waals surface area contributed by atoms with Gasteiger partial charge in [-0.1, -0.05) is 0 Å². The van der Waals surface area contributed by atoms with Gasteiger partial charge in [0.2, 0.25) is 5.78 Å². The molecule has 0 aliphatic rings. The topological polar surface area (TPSA) is 120 Å². The van der Waals surface area contributed by atoms with Gasteiger partial charge in [-0.15, -0.1) is 0 Å². The third-order valence-corrected chi connectivity index (χ3v) is 5.57. The minimum Gasteiger partial charge on any atom is -0.482 e. The maximum Gasteiger partial charge on any atom is 0.215 e. The number of nitrogens with zero attached hydrogens (tertiary/aromatic N) is 5. The standard InChI is InChI=1S/C24H18BrFN6O2/c1-13(34-21-8-14(25)12-30-24(21)28)19-9-15(26)5-6-17(19)22-18(4-3-7-29-22)23(33)20-10-16(11-27)32(2)31-20/h3-10,12-13H,1-2H3,(H2,28,30)/t13-/m1/s1. The second kappa shape index (κ2) is 9.41. The van der Waals surface area contributed by atoms with Gasteiger partial charge < -0.3 is 10.5 Å². The molecule has 170 valence electrons. The fraction of sp³-hybridized carbons (Fsp3) is 0.125. The molecule has 0 saturated heterocycles. The highest BCUT2D eigenvalue weighted by molar-refractivity contribution is 9.10. The number of aryl methyl sites for hydroxylation is 1. The number of carbonyl (C=O) groups excluding carboxylic acids is 1. The number of halogens is 2. The Bertz CT molecular complexity index is 1450. The van der Waals surface area contributed by atoms with Crippen LogP contribution in [0.2, 0.25) is 0 Å². The van der Waals surface area contributed by atoms with Crippen LogP contribution in [0.1, 0.15) is 40.3 Å². The van der Waals surface area contributed by atoms with Gasteiger partial charge in [0.15, 0.2) is 11.6 Å². The number of hydrogen-bond donors (Lipinski definition) is 1. The first kappa shape index (κ1) is 23.1. The summed E-state index contributed by atoms with van der Waals surface area (Å²) < 4.78 is 22.3. The molecule has 0 spiro atoms. The number of benzene rings is 1. The lowest BCUT2D eigenvalue weighted by Gasteiger charge is -2.20. The van der Waals surface area contributed by atoms with E-state index >= 15 is 0 Å². The lowest BCUT2D eigenvalue weighted by atomic mass is 9.95. The average molecular weight is 521 g/mol. The highest BCUT2D eigenvalue weighted by Crippen LogP contribution is 2.35. The zero-order valence-corrected chi connectivity index (χ0v) is 19.7. The van der Waals surface area contributed by atoms with Crippen molar-refractivity contribution in [2.45, 2.75) is 13.0 Å². The van der Waals surface area contributed by atoms with Crippen molar-refractivity contribution in [3.05, 3.63) is 87.7 Å². The van der Waals surface area contributed by atoms with Crippen molar-refractivity contribution < 1.29 is 13.9 Å². The third kappa shape index (κ3) is 4.51. The molecule has 0 fully saturated rings. The van der Waals surface area contributed by atoms with Crippen molar-refractivity contribution in [3.8, 4) is 23.1 Å². The van der Waals surface area contributed by atoms with E-state index in [1.165, 1.54) is 22.9 Å². The zero-order valence-electron chi connectivity index (χ0n) is 18.2. The van der Waals surface area contributed by atoms with Crippen molar-refractivity contribution >= 4 is 27.5 Å². The summed E-state index contributed by atoms with van der Waals surface area (Å²) in [5.41, 5.74) is 7.85. The zero-order chi connectivity index (χ0) is 24.4. The summed E-state index contributed by atoms with van der Waals surface area (Å²) in [6.07, 6.45) is 2.43. The molecule has 0 bridgehead atoms. The second-order valence-electron chi connectivity index (χ2n) is 7.41. The monoisotopic (exact) mass is 520 g/mol. The number of rotatable bonds is 6. The normalized spacial score (nSPS) is 11.6. The van der Waals surface area contributed by atoms with Gasteiger partial charge in [-0.05, 0) is 59.3 Å². The van der Waals surface area contributed by atoms with Gasteiger partial charge in [-0.3, -0.25) is 14.5 Å². The predicted octanol–water partition coefficient (Wildman–Crippen LogP) is 4.60. The fourth-order valence-corrected chi connectivity index (χ4v) is 3.80. The van der Waals surface area contributed by atoms with Gasteiger partial charge in [0.05, 0.1) is 11.3 Å². The maximum atomic E-state index is 14.3. The van der Waals surface area contributed by atoms with E-state index in [0.29, 0.717) is 27.0 Å².